The number of carbonyl (C=O) groups is 4. The van der Waals surface area contributed by atoms with Crippen molar-refractivity contribution in [2.45, 2.75) is 64.5 Å². The Morgan fingerprint density at radius 1 is 1.23 bits per heavy atom. The van der Waals surface area contributed by atoms with Crippen molar-refractivity contribution in [3.8, 4) is 0 Å². The number of ketones is 1. The molecular formula is C24H42N6O8S2. The molecule has 40 heavy (non-hydrogen) atoms. The van der Waals surface area contributed by atoms with Crippen LogP contribution in [0.25, 0.3) is 0 Å². The van der Waals surface area contributed by atoms with E-state index in [1.807, 2.05) is 13.8 Å². The van der Waals surface area contributed by atoms with Gasteiger partial charge in [0.25, 0.3) is 0 Å². The number of sulfone groups is 1. The van der Waals surface area contributed by atoms with E-state index in [0.29, 0.717) is 32.1 Å². The normalized spacial score (nSPS) is 23.3. The summed E-state index contributed by atoms with van der Waals surface area (Å²) in [6.07, 6.45) is 3.28. The number of hydrogen-bond donors (Lipinski definition) is 5. The summed E-state index contributed by atoms with van der Waals surface area (Å²) in [5.41, 5.74) is 3.58. The Balaban J connectivity index is 2.10. The molecule has 2 aliphatic rings. The quantitative estimate of drug-likeness (QED) is 0.0592. The zero-order chi connectivity index (χ0) is 30.5. The summed E-state index contributed by atoms with van der Waals surface area (Å²) in [5, 5.41) is 12.2. The first-order valence-electron chi connectivity index (χ1n) is 13.1. The van der Waals surface area contributed by atoms with E-state index < -0.39 is 72.6 Å². The van der Waals surface area contributed by atoms with E-state index in [0.717, 1.165) is 17.6 Å². The number of nitrogens with zero attached hydrogens (tertiary/aromatic N) is 1. The molecule has 2 saturated carbocycles. The molecule has 2 fully saturated rings. The van der Waals surface area contributed by atoms with E-state index in [4.69, 9.17) is 11.1 Å². The Bertz CT molecular complexity index is 1220. The summed E-state index contributed by atoms with van der Waals surface area (Å²) in [4.78, 5) is 50.9. The Labute approximate surface area is 236 Å². The minimum absolute atomic E-state index is 0.0862. The molecule has 2 amide bonds. The van der Waals surface area contributed by atoms with Crippen LogP contribution in [-0.4, -0.2) is 102 Å². The van der Waals surface area contributed by atoms with Crippen LogP contribution < -0.4 is 21.1 Å². The average molecular weight is 607 g/mol. The average Bonchev–Trinajstić information content (AvgIpc) is 3.16. The van der Waals surface area contributed by atoms with Gasteiger partial charge in [0.15, 0.2) is 5.96 Å². The number of carbonyl (C=O) groups excluding carboxylic acids is 4. The predicted molar refractivity (Wildman–Crippen MR) is 148 cm³/mol. The third kappa shape index (κ3) is 8.46. The van der Waals surface area contributed by atoms with Gasteiger partial charge in [-0.2, -0.15) is 0 Å². The molecule has 4 atom stereocenters. The van der Waals surface area contributed by atoms with Crippen molar-refractivity contribution in [2.24, 2.45) is 22.5 Å². The minimum Gasteiger partial charge on any atom is -0.370 e. The second-order valence-electron chi connectivity index (χ2n) is 11.5. The van der Waals surface area contributed by atoms with Crippen LogP contribution in [0.5, 0.6) is 0 Å². The van der Waals surface area contributed by atoms with Gasteiger partial charge in [0.1, 0.15) is 27.9 Å². The topological polar surface area (TPSA) is 226 Å². The monoisotopic (exact) mass is 606 g/mol. The summed E-state index contributed by atoms with van der Waals surface area (Å²) in [6, 6.07) is -2.34. The van der Waals surface area contributed by atoms with Crippen molar-refractivity contribution in [2.75, 3.05) is 37.9 Å². The third-order valence-electron chi connectivity index (χ3n) is 8.25. The van der Waals surface area contributed by atoms with Crippen molar-refractivity contribution in [1.82, 2.24) is 20.3 Å². The van der Waals surface area contributed by atoms with E-state index in [1.54, 1.807) is 0 Å². The number of rotatable bonds is 16. The molecule has 0 heterocycles. The van der Waals surface area contributed by atoms with Crippen molar-refractivity contribution < 1.29 is 36.0 Å². The number of nitrogens with one attached hydrogen (secondary N) is 4. The van der Waals surface area contributed by atoms with Gasteiger partial charge in [0.2, 0.25) is 21.8 Å². The summed E-state index contributed by atoms with van der Waals surface area (Å²) < 4.78 is 52.6. The second-order valence-corrected chi connectivity index (χ2v) is 15.5. The largest absolute Gasteiger partial charge is 0.370 e. The van der Waals surface area contributed by atoms with Crippen molar-refractivity contribution in [3.63, 3.8) is 0 Å². The zero-order valence-corrected chi connectivity index (χ0v) is 25.1. The highest BCUT2D eigenvalue weighted by atomic mass is 32.2. The molecule has 0 saturated heterocycles. The van der Waals surface area contributed by atoms with Crippen molar-refractivity contribution in [3.05, 3.63) is 0 Å². The van der Waals surface area contributed by atoms with Crippen LogP contribution in [0.15, 0.2) is 0 Å². The zero-order valence-electron chi connectivity index (χ0n) is 23.5. The van der Waals surface area contributed by atoms with Gasteiger partial charge >= 0.3 is 0 Å². The van der Waals surface area contributed by atoms with Gasteiger partial charge < -0.3 is 26.1 Å². The van der Waals surface area contributed by atoms with Gasteiger partial charge in [-0.1, -0.05) is 13.8 Å². The highest BCUT2D eigenvalue weighted by molar-refractivity contribution is 7.90. The van der Waals surface area contributed by atoms with Crippen LogP contribution in [0.1, 0.15) is 52.4 Å². The molecule has 0 spiro atoms. The third-order valence-corrected chi connectivity index (χ3v) is 10.7. The number of guanidine groups is 1. The molecule has 14 nitrogen and oxygen atoms in total. The first-order valence-corrected chi connectivity index (χ1v) is 16.8. The first-order chi connectivity index (χ1) is 18.3. The molecule has 2 bridgehead atoms. The summed E-state index contributed by atoms with van der Waals surface area (Å²) in [5.74, 6) is -2.74. The smallest absolute Gasteiger partial charge is 0.240 e. The summed E-state index contributed by atoms with van der Waals surface area (Å²) in [7, 11) is -6.51. The van der Waals surface area contributed by atoms with Crippen molar-refractivity contribution >= 4 is 49.7 Å². The fourth-order valence-electron chi connectivity index (χ4n) is 5.79. The van der Waals surface area contributed by atoms with E-state index >= 15 is 0 Å². The molecule has 2 rings (SSSR count). The number of fused-ring (bicyclic) bond motifs is 2. The number of sulfonamides is 1. The van der Waals surface area contributed by atoms with Crippen LogP contribution >= 0.6 is 0 Å². The van der Waals surface area contributed by atoms with Gasteiger partial charge in [0, 0.05) is 31.7 Å². The molecule has 0 aromatic rings. The summed E-state index contributed by atoms with van der Waals surface area (Å²) in [6.45, 7) is 3.58. The summed E-state index contributed by atoms with van der Waals surface area (Å²) >= 11 is 0. The van der Waals surface area contributed by atoms with Gasteiger partial charge in [-0.25, -0.2) is 21.6 Å². The number of hydrogen-bond acceptors (Lipinski definition) is 9. The fraction of sp³-hybridized carbons (Fsp3) is 0.792. The Kier molecular flexibility index (Phi) is 10.9. The fourth-order valence-corrected chi connectivity index (χ4v) is 8.51. The van der Waals surface area contributed by atoms with E-state index in [1.165, 1.54) is 7.05 Å². The van der Waals surface area contributed by atoms with Gasteiger partial charge in [-0.15, -0.1) is 0 Å². The number of Topliss-reactive ketones (excluding diaryl/α,β-unsaturated/α-hetero) is 1. The van der Waals surface area contributed by atoms with E-state index in [9.17, 15) is 36.0 Å². The van der Waals surface area contributed by atoms with E-state index in [-0.39, 0.29) is 30.5 Å². The molecule has 2 unspecified atom stereocenters. The molecule has 6 N–H and O–H groups in total. The maximum absolute atomic E-state index is 13.3. The molecule has 228 valence electrons. The van der Waals surface area contributed by atoms with Crippen LogP contribution in [0, 0.1) is 22.2 Å². The lowest BCUT2D eigenvalue weighted by Gasteiger charge is -2.36. The maximum Gasteiger partial charge on any atom is 0.240 e. The Morgan fingerprint density at radius 2 is 1.88 bits per heavy atom. The molecular weight excluding hydrogens is 564 g/mol. The van der Waals surface area contributed by atoms with Gasteiger partial charge in [-0.3, -0.25) is 19.8 Å². The van der Waals surface area contributed by atoms with Crippen LogP contribution in [0.4, 0.5) is 0 Å². The van der Waals surface area contributed by atoms with Crippen LogP contribution in [0.3, 0.4) is 0 Å². The second kappa shape index (κ2) is 12.9. The molecule has 0 aromatic heterocycles. The molecule has 0 aromatic carbocycles. The predicted octanol–water partition coefficient (Wildman–Crippen LogP) is -1.49. The molecule has 0 radical (unpaired) electrons. The maximum atomic E-state index is 13.3. The lowest BCUT2D eigenvalue weighted by Crippen LogP contribution is -2.53. The first kappa shape index (κ1) is 33.6. The lowest BCUT2D eigenvalue weighted by molar-refractivity contribution is -0.136. The standard InChI is InChI=1S/C24H42N6O8S2/c1-23(2)16-7-9-24(23,19(32)12-16)15-40(37,38)29-18(8-11-39(4,35)36)21(34)30(3)13-20(33)28-17(14-31)6-5-10-27-22(25)26/h14,16-18,29H,5-13,15H2,1-4H3,(H,28,33)(H4,25,26,27)/t16?,17-,18-,24?/m0/s1. The SMILES string of the molecule is CN(CC(=O)N[C@H](C=O)CCCNC(=N)N)C(=O)[C@H](CCS(C)(=O)=O)NS(=O)(=O)CC12CCC(CC1=O)C2(C)C. The van der Waals surface area contributed by atoms with Gasteiger partial charge in [0.05, 0.1) is 24.1 Å². The van der Waals surface area contributed by atoms with Gasteiger partial charge in [-0.05, 0) is 43.4 Å². The highest BCUT2D eigenvalue weighted by Gasteiger charge is 2.65. The number of nitrogens with two attached hydrogens (primary N) is 1. The number of likely N-dealkylation sites (N-methyl/N-ethyl adjacent to an activating group) is 1. The van der Waals surface area contributed by atoms with E-state index in [2.05, 4.69) is 15.4 Å². The number of aldehydes is 1. The van der Waals surface area contributed by atoms with Crippen molar-refractivity contribution in [1.29, 1.82) is 5.41 Å². The number of amides is 2. The highest BCUT2D eigenvalue weighted by Crippen LogP contribution is 2.64. The minimum atomic E-state index is -4.22. The lowest BCUT2D eigenvalue weighted by atomic mass is 9.70. The van der Waals surface area contributed by atoms with Crippen LogP contribution in [0.2, 0.25) is 0 Å². The Morgan fingerprint density at radius 3 is 2.38 bits per heavy atom. The molecule has 16 heteroatoms. The molecule has 0 aliphatic heterocycles. The van der Waals surface area contributed by atoms with Crippen LogP contribution in [-0.2, 0) is 39.0 Å². The molecule has 2 aliphatic carbocycles. The Hall–Kier alpha value is -2.59.